The molecule has 0 bridgehead atoms. The minimum absolute atomic E-state index is 0.605. The number of thiophene rings is 1. The van der Waals surface area contributed by atoms with E-state index in [0.29, 0.717) is 5.82 Å². The van der Waals surface area contributed by atoms with Crippen molar-refractivity contribution >= 4 is 31.5 Å². The quantitative estimate of drug-likeness (QED) is 0.152. The molecule has 68 heavy (non-hydrogen) atoms. The third-order valence-electron chi connectivity index (χ3n) is 13.8. The molecular formula is C65H42N2S. The lowest BCUT2D eigenvalue weighted by molar-refractivity contribution is 0.769. The highest BCUT2D eigenvalue weighted by Crippen LogP contribution is 2.58. The predicted octanol–water partition coefficient (Wildman–Crippen LogP) is 17.2. The van der Waals surface area contributed by atoms with Crippen LogP contribution in [0.15, 0.2) is 255 Å². The molecule has 0 saturated carbocycles. The highest BCUT2D eigenvalue weighted by Gasteiger charge is 2.47. The SMILES string of the molecule is c1ccc(-c2ccc(-c3cc(-c4ccc5sc6ccccc6c5c4)cc(-c4cc(-c5cccc6c5C(c5ccccc5)(c5ccccc5)c5ccccc5-6)nc(-c5ccccc5)n4)c3)cc2)cc1. The molecule has 13 rings (SSSR count). The van der Waals surface area contributed by atoms with E-state index in [4.69, 9.17) is 9.97 Å². The standard InChI is InChI=1S/C65H42N2S/c1-5-18-43(19-6-1)44-32-34-45(35-33-44)48-38-49(47-36-37-62-57(41-47)54-27-14-16-31-61(54)68-62)40-50(39-48)59-42-60(67-64(66-59)46-20-7-2-8-21-46)56-29-17-28-55-53-26-13-15-30-58(53)65(63(55)56,51-22-9-3-10-23-51)52-24-11-4-12-25-52/h1-42H. The summed E-state index contributed by atoms with van der Waals surface area (Å²) in [7, 11) is 0. The summed E-state index contributed by atoms with van der Waals surface area (Å²) in [6.45, 7) is 0. The summed E-state index contributed by atoms with van der Waals surface area (Å²) in [4.78, 5) is 11.0. The fourth-order valence-electron chi connectivity index (χ4n) is 10.7. The molecule has 0 amide bonds. The summed E-state index contributed by atoms with van der Waals surface area (Å²) in [5.41, 5.74) is 18.5. The van der Waals surface area contributed by atoms with Crippen LogP contribution < -0.4 is 0 Å². The average molecular weight is 883 g/mol. The molecule has 1 aliphatic carbocycles. The fourth-order valence-corrected chi connectivity index (χ4v) is 11.8. The van der Waals surface area contributed by atoms with Gasteiger partial charge in [0.25, 0.3) is 0 Å². The molecule has 2 aromatic heterocycles. The molecule has 2 heterocycles. The predicted molar refractivity (Wildman–Crippen MR) is 285 cm³/mol. The summed E-state index contributed by atoms with van der Waals surface area (Å²) in [5, 5.41) is 2.56. The van der Waals surface area contributed by atoms with E-state index in [0.717, 1.165) is 50.3 Å². The Morgan fingerprint density at radius 1 is 0.294 bits per heavy atom. The smallest absolute Gasteiger partial charge is 0.160 e. The first-order chi connectivity index (χ1) is 33.7. The van der Waals surface area contributed by atoms with Crippen LogP contribution in [0.4, 0.5) is 0 Å². The topological polar surface area (TPSA) is 25.8 Å². The lowest BCUT2D eigenvalue weighted by atomic mass is 9.66. The van der Waals surface area contributed by atoms with Crippen LogP contribution in [0.2, 0.25) is 0 Å². The first-order valence-corrected chi connectivity index (χ1v) is 24.0. The van der Waals surface area contributed by atoms with E-state index in [1.807, 2.05) is 11.3 Å². The highest BCUT2D eigenvalue weighted by atomic mass is 32.1. The van der Waals surface area contributed by atoms with Crippen LogP contribution in [0.3, 0.4) is 0 Å². The summed E-state index contributed by atoms with van der Waals surface area (Å²) in [5.74, 6) is 0.682. The van der Waals surface area contributed by atoms with Gasteiger partial charge in [-0.1, -0.05) is 212 Å². The molecule has 0 N–H and O–H groups in total. The van der Waals surface area contributed by atoms with Crippen LogP contribution in [0.5, 0.6) is 0 Å². The number of hydrogen-bond acceptors (Lipinski definition) is 3. The van der Waals surface area contributed by atoms with E-state index in [2.05, 4.69) is 255 Å². The molecule has 0 saturated heterocycles. The molecule has 0 radical (unpaired) electrons. The van der Waals surface area contributed by atoms with Crippen LogP contribution >= 0.6 is 11.3 Å². The first-order valence-electron chi connectivity index (χ1n) is 23.2. The molecule has 0 fully saturated rings. The van der Waals surface area contributed by atoms with E-state index in [1.54, 1.807) is 0 Å². The molecule has 12 aromatic rings. The minimum atomic E-state index is -0.605. The van der Waals surface area contributed by atoms with Crippen molar-refractivity contribution in [3.05, 3.63) is 277 Å². The van der Waals surface area contributed by atoms with Crippen molar-refractivity contribution in [3.8, 4) is 78.4 Å². The number of nitrogens with zero attached hydrogens (tertiary/aromatic N) is 2. The van der Waals surface area contributed by atoms with Gasteiger partial charge >= 0.3 is 0 Å². The Hall–Kier alpha value is -8.50. The minimum Gasteiger partial charge on any atom is -0.228 e. The van der Waals surface area contributed by atoms with Crippen LogP contribution in [0.25, 0.3) is 98.6 Å². The molecule has 10 aromatic carbocycles. The van der Waals surface area contributed by atoms with Crippen molar-refractivity contribution in [1.82, 2.24) is 9.97 Å². The maximum Gasteiger partial charge on any atom is 0.160 e. The summed E-state index contributed by atoms with van der Waals surface area (Å²) < 4.78 is 2.59. The second-order valence-electron chi connectivity index (χ2n) is 17.6. The number of aromatic nitrogens is 2. The van der Waals surface area contributed by atoms with Crippen molar-refractivity contribution in [1.29, 1.82) is 0 Å². The first kappa shape index (κ1) is 39.8. The van der Waals surface area contributed by atoms with Gasteiger partial charge in [0, 0.05) is 36.9 Å². The maximum absolute atomic E-state index is 5.54. The third kappa shape index (κ3) is 6.62. The normalized spacial score (nSPS) is 12.5. The number of hydrogen-bond donors (Lipinski definition) is 0. The van der Waals surface area contributed by atoms with Crippen molar-refractivity contribution in [2.45, 2.75) is 5.41 Å². The number of benzene rings is 10. The second kappa shape index (κ2) is 16.4. The van der Waals surface area contributed by atoms with E-state index >= 15 is 0 Å². The lowest BCUT2D eigenvalue weighted by Gasteiger charge is -2.35. The third-order valence-corrected chi connectivity index (χ3v) is 14.9. The Balaban J connectivity index is 1.06. The van der Waals surface area contributed by atoms with Crippen LogP contribution in [-0.4, -0.2) is 9.97 Å². The monoisotopic (exact) mass is 882 g/mol. The second-order valence-corrected chi connectivity index (χ2v) is 18.7. The molecule has 2 nitrogen and oxygen atoms in total. The van der Waals surface area contributed by atoms with Gasteiger partial charge in [-0.3, -0.25) is 0 Å². The Morgan fingerprint density at radius 2 is 0.794 bits per heavy atom. The largest absolute Gasteiger partial charge is 0.228 e. The van der Waals surface area contributed by atoms with Crippen molar-refractivity contribution in [2.75, 3.05) is 0 Å². The van der Waals surface area contributed by atoms with Gasteiger partial charge < -0.3 is 0 Å². The zero-order valence-corrected chi connectivity index (χ0v) is 37.9. The van der Waals surface area contributed by atoms with Gasteiger partial charge in [0.15, 0.2) is 5.82 Å². The summed E-state index contributed by atoms with van der Waals surface area (Å²) >= 11 is 1.85. The average Bonchev–Trinajstić information content (AvgIpc) is 3.95. The Bertz CT molecular complexity index is 3780. The maximum atomic E-state index is 5.54. The number of fused-ring (bicyclic) bond motifs is 6. The van der Waals surface area contributed by atoms with Gasteiger partial charge in [-0.2, -0.15) is 0 Å². The summed E-state index contributed by atoms with van der Waals surface area (Å²) in [6, 6.07) is 92.5. The zero-order valence-electron chi connectivity index (χ0n) is 37.1. The Labute approximate surface area is 400 Å². The van der Waals surface area contributed by atoms with Gasteiger partial charge in [0.2, 0.25) is 0 Å². The van der Waals surface area contributed by atoms with Gasteiger partial charge in [-0.05, 0) is 109 Å². The van der Waals surface area contributed by atoms with E-state index in [9.17, 15) is 0 Å². The van der Waals surface area contributed by atoms with Crippen LogP contribution in [0.1, 0.15) is 22.3 Å². The lowest BCUT2D eigenvalue weighted by Crippen LogP contribution is -2.29. The molecule has 318 valence electrons. The highest BCUT2D eigenvalue weighted by molar-refractivity contribution is 7.25. The Kier molecular flexibility index (Phi) is 9.62. The fraction of sp³-hybridized carbons (Fsp3) is 0.0154. The van der Waals surface area contributed by atoms with Crippen LogP contribution in [0, 0.1) is 0 Å². The van der Waals surface area contributed by atoms with E-state index in [-0.39, 0.29) is 0 Å². The van der Waals surface area contributed by atoms with Gasteiger partial charge in [-0.15, -0.1) is 11.3 Å². The molecule has 0 unspecified atom stereocenters. The Morgan fingerprint density at radius 3 is 1.51 bits per heavy atom. The summed E-state index contributed by atoms with van der Waals surface area (Å²) in [6.07, 6.45) is 0. The van der Waals surface area contributed by atoms with E-state index in [1.165, 1.54) is 64.7 Å². The molecule has 0 atom stereocenters. The van der Waals surface area contributed by atoms with Gasteiger partial charge in [0.1, 0.15) is 0 Å². The molecule has 0 aliphatic heterocycles. The number of rotatable bonds is 8. The molecule has 3 heteroatoms. The van der Waals surface area contributed by atoms with Crippen molar-refractivity contribution < 1.29 is 0 Å². The van der Waals surface area contributed by atoms with E-state index < -0.39 is 5.41 Å². The van der Waals surface area contributed by atoms with Crippen molar-refractivity contribution in [2.24, 2.45) is 0 Å². The molecule has 0 spiro atoms. The van der Waals surface area contributed by atoms with Gasteiger partial charge in [-0.25, -0.2) is 9.97 Å². The van der Waals surface area contributed by atoms with Crippen molar-refractivity contribution in [3.63, 3.8) is 0 Å². The van der Waals surface area contributed by atoms with Crippen LogP contribution in [-0.2, 0) is 5.41 Å². The van der Waals surface area contributed by atoms with Gasteiger partial charge in [0.05, 0.1) is 16.8 Å². The molecular weight excluding hydrogens is 841 g/mol. The molecule has 1 aliphatic rings. The zero-order chi connectivity index (χ0) is 45.0.